The van der Waals surface area contributed by atoms with Crippen LogP contribution in [0.2, 0.25) is 0 Å². The Morgan fingerprint density at radius 1 is 1.11 bits per heavy atom. The summed E-state index contributed by atoms with van der Waals surface area (Å²) in [5.74, 6) is 0.349. The van der Waals surface area contributed by atoms with Gasteiger partial charge in [0, 0.05) is 16.8 Å². The molecule has 94 valence electrons. The van der Waals surface area contributed by atoms with Crippen LogP contribution in [0.3, 0.4) is 0 Å². The van der Waals surface area contributed by atoms with Crippen molar-refractivity contribution < 1.29 is 9.13 Å². The first-order valence-electron chi connectivity index (χ1n) is 5.57. The number of nitrogens with zero attached hydrogens (tertiary/aromatic N) is 2. The molecule has 0 aliphatic heterocycles. The van der Waals surface area contributed by atoms with Crippen LogP contribution in [0.15, 0.2) is 53.1 Å². The quantitative estimate of drug-likeness (QED) is 0.705. The standard InChI is InChI=1S/C14H8BrFN2O/c15-12-6-5-10(16)7-13(12)19-14-11-4-2-1-3-9(11)8-17-18-14/h1-8H. The highest BCUT2D eigenvalue weighted by Crippen LogP contribution is 2.32. The van der Waals surface area contributed by atoms with E-state index in [1.165, 1.54) is 12.1 Å². The Hall–Kier alpha value is -2.01. The molecule has 0 saturated heterocycles. The van der Waals surface area contributed by atoms with Crippen LogP contribution in [-0.2, 0) is 0 Å². The number of hydrogen-bond acceptors (Lipinski definition) is 3. The van der Waals surface area contributed by atoms with E-state index in [1.807, 2.05) is 24.3 Å². The Balaban J connectivity index is 2.08. The lowest BCUT2D eigenvalue weighted by molar-refractivity contribution is 0.454. The fourth-order valence-electron chi connectivity index (χ4n) is 1.74. The van der Waals surface area contributed by atoms with Crippen molar-refractivity contribution in [3.63, 3.8) is 0 Å². The molecule has 0 bridgehead atoms. The second-order valence-corrected chi connectivity index (χ2v) is 4.77. The predicted octanol–water partition coefficient (Wildman–Crippen LogP) is 4.32. The van der Waals surface area contributed by atoms with E-state index >= 15 is 0 Å². The highest BCUT2D eigenvalue weighted by atomic mass is 79.9. The second-order valence-electron chi connectivity index (χ2n) is 3.91. The molecule has 1 aromatic heterocycles. The van der Waals surface area contributed by atoms with Crippen molar-refractivity contribution in [3.05, 3.63) is 59.0 Å². The number of hydrogen-bond donors (Lipinski definition) is 0. The monoisotopic (exact) mass is 318 g/mol. The van der Waals surface area contributed by atoms with Gasteiger partial charge in [-0.15, -0.1) is 5.10 Å². The van der Waals surface area contributed by atoms with Gasteiger partial charge in [-0.2, -0.15) is 5.10 Å². The maximum absolute atomic E-state index is 13.2. The van der Waals surface area contributed by atoms with E-state index in [-0.39, 0.29) is 5.82 Å². The number of aromatic nitrogens is 2. The van der Waals surface area contributed by atoms with E-state index < -0.39 is 0 Å². The lowest BCUT2D eigenvalue weighted by Gasteiger charge is -2.08. The van der Waals surface area contributed by atoms with E-state index in [0.29, 0.717) is 16.1 Å². The van der Waals surface area contributed by atoms with Crippen LogP contribution in [-0.4, -0.2) is 10.2 Å². The highest BCUT2D eigenvalue weighted by Gasteiger charge is 2.09. The Kier molecular flexibility index (Phi) is 3.13. The molecule has 0 aliphatic rings. The molecule has 5 heteroatoms. The summed E-state index contributed by atoms with van der Waals surface area (Å²) in [4.78, 5) is 0. The summed E-state index contributed by atoms with van der Waals surface area (Å²) in [5, 5.41) is 9.58. The maximum atomic E-state index is 13.2. The van der Waals surface area contributed by atoms with Crippen molar-refractivity contribution in [2.75, 3.05) is 0 Å². The van der Waals surface area contributed by atoms with Gasteiger partial charge in [0.05, 0.1) is 10.7 Å². The van der Waals surface area contributed by atoms with Crippen molar-refractivity contribution in [1.29, 1.82) is 0 Å². The molecule has 0 atom stereocenters. The molecular weight excluding hydrogens is 311 g/mol. The molecule has 0 radical (unpaired) electrons. The summed E-state index contributed by atoms with van der Waals surface area (Å²) in [5.41, 5.74) is 0. The zero-order valence-corrected chi connectivity index (χ0v) is 11.3. The third-order valence-electron chi connectivity index (χ3n) is 2.64. The zero-order valence-electron chi connectivity index (χ0n) is 9.68. The van der Waals surface area contributed by atoms with E-state index in [0.717, 1.165) is 10.8 Å². The number of rotatable bonds is 2. The van der Waals surface area contributed by atoms with Gasteiger partial charge in [0.25, 0.3) is 0 Å². The van der Waals surface area contributed by atoms with Gasteiger partial charge in [-0.1, -0.05) is 18.2 Å². The molecule has 19 heavy (non-hydrogen) atoms. The lowest BCUT2D eigenvalue weighted by atomic mass is 10.2. The molecule has 3 nitrogen and oxygen atoms in total. The number of halogens is 2. The molecule has 3 aromatic rings. The van der Waals surface area contributed by atoms with E-state index in [9.17, 15) is 4.39 Å². The van der Waals surface area contributed by atoms with Crippen LogP contribution in [0.5, 0.6) is 11.6 Å². The lowest BCUT2D eigenvalue weighted by Crippen LogP contribution is -1.93. The zero-order chi connectivity index (χ0) is 13.2. The fourth-order valence-corrected chi connectivity index (χ4v) is 2.06. The van der Waals surface area contributed by atoms with Gasteiger partial charge in [-0.3, -0.25) is 0 Å². The first kappa shape index (κ1) is 12.0. The summed E-state index contributed by atoms with van der Waals surface area (Å²) < 4.78 is 19.5. The number of fused-ring (bicyclic) bond motifs is 1. The minimum Gasteiger partial charge on any atom is -0.436 e. The third kappa shape index (κ3) is 2.42. The normalized spacial score (nSPS) is 10.6. The van der Waals surface area contributed by atoms with Gasteiger partial charge in [-0.05, 0) is 34.1 Å². The molecule has 3 rings (SSSR count). The molecule has 0 unspecified atom stereocenters. The molecule has 0 fully saturated rings. The first-order chi connectivity index (χ1) is 9.24. The van der Waals surface area contributed by atoms with Crippen LogP contribution in [0.4, 0.5) is 4.39 Å². The summed E-state index contributed by atoms with van der Waals surface area (Å²) in [6, 6.07) is 11.8. The predicted molar refractivity (Wildman–Crippen MR) is 73.7 cm³/mol. The highest BCUT2D eigenvalue weighted by molar-refractivity contribution is 9.10. The smallest absolute Gasteiger partial charge is 0.246 e. The Morgan fingerprint density at radius 3 is 2.84 bits per heavy atom. The third-order valence-corrected chi connectivity index (χ3v) is 3.29. The van der Waals surface area contributed by atoms with E-state index in [2.05, 4.69) is 26.1 Å². The Bertz CT molecular complexity index is 743. The molecule has 0 aliphatic carbocycles. The van der Waals surface area contributed by atoms with Gasteiger partial charge in [0.2, 0.25) is 5.88 Å². The molecule has 0 N–H and O–H groups in total. The Morgan fingerprint density at radius 2 is 1.95 bits per heavy atom. The minimum absolute atomic E-state index is 0.351. The van der Waals surface area contributed by atoms with Crippen LogP contribution in [0.25, 0.3) is 10.8 Å². The maximum Gasteiger partial charge on any atom is 0.246 e. The van der Waals surface area contributed by atoms with E-state index in [4.69, 9.17) is 4.74 Å². The van der Waals surface area contributed by atoms with Crippen molar-refractivity contribution in [2.24, 2.45) is 0 Å². The summed E-state index contributed by atoms with van der Waals surface area (Å²) >= 11 is 3.31. The molecular formula is C14H8BrFN2O. The average Bonchev–Trinajstić information content (AvgIpc) is 2.43. The minimum atomic E-state index is -0.369. The van der Waals surface area contributed by atoms with Gasteiger partial charge in [0.15, 0.2) is 0 Å². The van der Waals surface area contributed by atoms with Crippen molar-refractivity contribution in [1.82, 2.24) is 10.2 Å². The van der Waals surface area contributed by atoms with Crippen molar-refractivity contribution in [2.45, 2.75) is 0 Å². The fraction of sp³-hybridized carbons (Fsp3) is 0. The van der Waals surface area contributed by atoms with Gasteiger partial charge in [-0.25, -0.2) is 4.39 Å². The molecule has 2 aromatic carbocycles. The molecule has 0 spiro atoms. The largest absolute Gasteiger partial charge is 0.436 e. The molecule has 0 amide bonds. The first-order valence-corrected chi connectivity index (χ1v) is 6.37. The topological polar surface area (TPSA) is 35.0 Å². The van der Waals surface area contributed by atoms with Gasteiger partial charge < -0.3 is 4.74 Å². The van der Waals surface area contributed by atoms with Crippen molar-refractivity contribution in [3.8, 4) is 11.6 Å². The molecule has 1 heterocycles. The van der Waals surface area contributed by atoms with Crippen LogP contribution in [0.1, 0.15) is 0 Å². The summed E-state index contributed by atoms with van der Waals surface area (Å²) in [6.07, 6.45) is 1.66. The van der Waals surface area contributed by atoms with Crippen LogP contribution >= 0.6 is 15.9 Å². The second kappa shape index (κ2) is 4.93. The Labute approximate surface area is 117 Å². The van der Waals surface area contributed by atoms with Crippen LogP contribution in [0, 0.1) is 5.82 Å². The van der Waals surface area contributed by atoms with Gasteiger partial charge in [0.1, 0.15) is 11.6 Å². The van der Waals surface area contributed by atoms with Crippen LogP contribution < -0.4 is 4.74 Å². The average molecular weight is 319 g/mol. The molecule has 0 saturated carbocycles. The summed E-state index contributed by atoms with van der Waals surface area (Å²) in [6.45, 7) is 0. The van der Waals surface area contributed by atoms with E-state index in [1.54, 1.807) is 12.3 Å². The summed E-state index contributed by atoms with van der Waals surface area (Å²) in [7, 11) is 0. The SMILES string of the molecule is Fc1ccc(Br)c(Oc2nncc3ccccc23)c1. The van der Waals surface area contributed by atoms with Crippen molar-refractivity contribution >= 4 is 26.7 Å². The number of benzene rings is 2. The number of ether oxygens (including phenoxy) is 1. The van der Waals surface area contributed by atoms with Gasteiger partial charge >= 0.3 is 0 Å².